The number of nitrogens with zero attached hydrogens (tertiary/aromatic N) is 2. The third-order valence-electron chi connectivity index (χ3n) is 4.57. The van der Waals surface area contributed by atoms with Crippen molar-refractivity contribution in [1.82, 2.24) is 9.88 Å². The van der Waals surface area contributed by atoms with E-state index in [9.17, 15) is 13.2 Å². The van der Waals surface area contributed by atoms with E-state index in [1.807, 2.05) is 33.0 Å². The highest BCUT2D eigenvalue weighted by Crippen LogP contribution is 2.31. The third kappa shape index (κ3) is 4.90. The molecule has 1 aromatic heterocycles. The molecular formula is C19H23ClN2O4S. The molecule has 0 saturated carbocycles. The van der Waals surface area contributed by atoms with Crippen molar-refractivity contribution in [2.45, 2.75) is 50.0 Å². The molecule has 1 aliphatic rings. The first-order valence-corrected chi connectivity index (χ1v) is 11.2. The Balaban J connectivity index is 1.74. The number of hydrogen-bond donors (Lipinski definition) is 0. The van der Waals surface area contributed by atoms with Gasteiger partial charge in [-0.15, -0.1) is 0 Å². The molecule has 8 heteroatoms. The Morgan fingerprint density at radius 2 is 1.89 bits per heavy atom. The molecular weight excluding hydrogens is 388 g/mol. The quantitative estimate of drug-likeness (QED) is 0.690. The minimum Gasteiger partial charge on any atom is -0.444 e. The van der Waals surface area contributed by atoms with Crippen LogP contribution in [0.1, 0.15) is 45.1 Å². The number of halogens is 1. The van der Waals surface area contributed by atoms with Gasteiger partial charge in [-0.25, -0.2) is 13.2 Å². The number of pyridine rings is 1. The van der Waals surface area contributed by atoms with Gasteiger partial charge in [0.05, 0.1) is 10.4 Å². The second kappa shape index (κ2) is 7.28. The van der Waals surface area contributed by atoms with Crippen LogP contribution in [0.3, 0.4) is 0 Å². The molecule has 3 rings (SSSR count). The summed E-state index contributed by atoms with van der Waals surface area (Å²) in [5.41, 5.74) is 1.25. The standard InChI is InChI=1S/C19H23ClN2O4S/c1-19(2,3)26-18(23)22-8-6-13(7-9-22)15-10-14-11-16(27(20,24)25)4-5-17(14)21-12-15/h4-5,10-13H,6-9H2,1-3H3. The lowest BCUT2D eigenvalue weighted by Crippen LogP contribution is -2.41. The highest BCUT2D eigenvalue weighted by Gasteiger charge is 2.27. The van der Waals surface area contributed by atoms with Crippen molar-refractivity contribution in [3.8, 4) is 0 Å². The Bertz CT molecular complexity index is 961. The largest absolute Gasteiger partial charge is 0.444 e. The van der Waals surface area contributed by atoms with E-state index in [0.29, 0.717) is 18.6 Å². The van der Waals surface area contributed by atoms with E-state index in [1.165, 1.54) is 6.07 Å². The maximum Gasteiger partial charge on any atom is 0.410 e. The molecule has 0 bridgehead atoms. The van der Waals surface area contributed by atoms with Gasteiger partial charge in [-0.2, -0.15) is 0 Å². The normalized spacial score (nSPS) is 16.5. The summed E-state index contributed by atoms with van der Waals surface area (Å²) in [5.74, 6) is 0.261. The number of benzene rings is 1. The van der Waals surface area contributed by atoms with E-state index < -0.39 is 14.7 Å². The van der Waals surface area contributed by atoms with E-state index in [2.05, 4.69) is 4.98 Å². The average Bonchev–Trinajstić information content (AvgIpc) is 2.58. The highest BCUT2D eigenvalue weighted by atomic mass is 35.7. The summed E-state index contributed by atoms with van der Waals surface area (Å²) in [6.07, 6.45) is 3.15. The van der Waals surface area contributed by atoms with Gasteiger partial charge in [-0.05, 0) is 69.4 Å². The molecule has 2 heterocycles. The van der Waals surface area contributed by atoms with Crippen molar-refractivity contribution >= 4 is 36.7 Å². The molecule has 0 unspecified atom stereocenters. The first-order chi connectivity index (χ1) is 12.5. The number of hydrogen-bond acceptors (Lipinski definition) is 5. The van der Waals surface area contributed by atoms with Crippen LogP contribution < -0.4 is 0 Å². The topological polar surface area (TPSA) is 76.6 Å². The predicted molar refractivity (Wildman–Crippen MR) is 105 cm³/mol. The number of carbonyl (C=O) groups excluding carboxylic acids is 1. The van der Waals surface area contributed by atoms with Crippen LogP contribution in [0.2, 0.25) is 0 Å². The number of ether oxygens (including phenoxy) is 1. The van der Waals surface area contributed by atoms with Gasteiger partial charge in [0.2, 0.25) is 0 Å². The molecule has 2 aromatic rings. The lowest BCUT2D eigenvalue weighted by Gasteiger charge is -2.33. The van der Waals surface area contributed by atoms with Crippen molar-refractivity contribution in [1.29, 1.82) is 0 Å². The number of fused-ring (bicyclic) bond motifs is 1. The van der Waals surface area contributed by atoms with Gasteiger partial charge >= 0.3 is 6.09 Å². The van der Waals surface area contributed by atoms with E-state index in [-0.39, 0.29) is 16.9 Å². The monoisotopic (exact) mass is 410 g/mol. The molecule has 0 atom stereocenters. The second-order valence-corrected chi connectivity index (χ2v) is 10.4. The fourth-order valence-electron chi connectivity index (χ4n) is 3.22. The Kier molecular flexibility index (Phi) is 5.36. The molecule has 0 spiro atoms. The molecule has 1 saturated heterocycles. The van der Waals surface area contributed by atoms with Crippen molar-refractivity contribution < 1.29 is 17.9 Å². The van der Waals surface area contributed by atoms with Gasteiger partial charge < -0.3 is 9.64 Å². The number of carbonyl (C=O) groups is 1. The van der Waals surface area contributed by atoms with Gasteiger partial charge in [0.25, 0.3) is 9.05 Å². The molecule has 1 fully saturated rings. The number of piperidine rings is 1. The minimum atomic E-state index is -3.78. The summed E-state index contributed by atoms with van der Waals surface area (Å²) in [5, 5.41) is 0.740. The molecule has 0 radical (unpaired) electrons. The SMILES string of the molecule is CC(C)(C)OC(=O)N1CCC(c2cnc3ccc(S(=O)(=O)Cl)cc3c2)CC1. The molecule has 1 aromatic carbocycles. The molecule has 0 N–H and O–H groups in total. The molecule has 0 aliphatic carbocycles. The summed E-state index contributed by atoms with van der Waals surface area (Å²) in [7, 11) is 1.66. The maximum absolute atomic E-state index is 12.2. The van der Waals surface area contributed by atoms with Crippen LogP contribution in [0, 0.1) is 0 Å². The summed E-state index contributed by atoms with van der Waals surface area (Å²) in [6.45, 7) is 6.80. The van der Waals surface area contributed by atoms with E-state index in [0.717, 1.165) is 23.8 Å². The first kappa shape index (κ1) is 19.9. The molecule has 6 nitrogen and oxygen atoms in total. The van der Waals surface area contributed by atoms with Crippen molar-refractivity contribution in [2.75, 3.05) is 13.1 Å². The highest BCUT2D eigenvalue weighted by molar-refractivity contribution is 8.13. The zero-order chi connectivity index (χ0) is 19.8. The lowest BCUT2D eigenvalue weighted by atomic mass is 9.90. The number of aromatic nitrogens is 1. The number of rotatable bonds is 2. The van der Waals surface area contributed by atoms with Crippen LogP contribution >= 0.6 is 10.7 Å². The van der Waals surface area contributed by atoms with Crippen LogP contribution in [0.4, 0.5) is 4.79 Å². The van der Waals surface area contributed by atoms with Crippen molar-refractivity contribution in [2.24, 2.45) is 0 Å². The van der Waals surface area contributed by atoms with Gasteiger partial charge in [0.15, 0.2) is 0 Å². The zero-order valence-electron chi connectivity index (χ0n) is 15.6. The number of amides is 1. The van der Waals surface area contributed by atoms with Gasteiger partial charge in [0.1, 0.15) is 5.60 Å². The minimum absolute atomic E-state index is 0.0651. The van der Waals surface area contributed by atoms with E-state index in [4.69, 9.17) is 15.4 Å². The van der Waals surface area contributed by atoms with E-state index >= 15 is 0 Å². The van der Waals surface area contributed by atoms with Crippen LogP contribution in [0.5, 0.6) is 0 Å². The zero-order valence-corrected chi connectivity index (χ0v) is 17.2. The van der Waals surface area contributed by atoms with Crippen LogP contribution in [0.25, 0.3) is 10.9 Å². The third-order valence-corrected chi connectivity index (χ3v) is 5.92. The fraction of sp³-hybridized carbons (Fsp3) is 0.474. The first-order valence-electron chi connectivity index (χ1n) is 8.85. The summed E-state index contributed by atoms with van der Waals surface area (Å²) in [6, 6.07) is 6.61. The van der Waals surface area contributed by atoms with E-state index in [1.54, 1.807) is 17.0 Å². The average molecular weight is 411 g/mol. The molecule has 27 heavy (non-hydrogen) atoms. The molecule has 1 amide bonds. The van der Waals surface area contributed by atoms with Gasteiger partial charge in [0, 0.05) is 35.4 Å². The van der Waals surface area contributed by atoms with Crippen molar-refractivity contribution in [3.63, 3.8) is 0 Å². The fourth-order valence-corrected chi connectivity index (χ4v) is 4.01. The Labute approximate surface area is 163 Å². The van der Waals surface area contributed by atoms with Crippen molar-refractivity contribution in [3.05, 3.63) is 36.0 Å². The Hall–Kier alpha value is -1.86. The second-order valence-electron chi connectivity index (χ2n) is 7.80. The Morgan fingerprint density at radius 3 is 2.48 bits per heavy atom. The predicted octanol–water partition coefficient (Wildman–Crippen LogP) is 4.28. The summed E-state index contributed by atoms with van der Waals surface area (Å²) in [4.78, 5) is 18.4. The van der Waals surface area contributed by atoms with Gasteiger partial charge in [-0.1, -0.05) is 0 Å². The smallest absolute Gasteiger partial charge is 0.410 e. The molecule has 146 valence electrons. The lowest BCUT2D eigenvalue weighted by molar-refractivity contribution is 0.0205. The van der Waals surface area contributed by atoms with Crippen LogP contribution in [-0.4, -0.2) is 43.1 Å². The van der Waals surface area contributed by atoms with Crippen LogP contribution in [-0.2, 0) is 13.8 Å². The maximum atomic E-state index is 12.2. The molecule has 1 aliphatic heterocycles. The van der Waals surface area contributed by atoms with Gasteiger partial charge in [-0.3, -0.25) is 4.98 Å². The van der Waals surface area contributed by atoms with Crippen LogP contribution in [0.15, 0.2) is 35.4 Å². The summed E-state index contributed by atoms with van der Waals surface area (Å²) >= 11 is 0. The number of likely N-dealkylation sites (tertiary alicyclic amines) is 1. The Morgan fingerprint density at radius 1 is 1.22 bits per heavy atom. The summed E-state index contributed by atoms with van der Waals surface area (Å²) < 4.78 is 28.5.